The van der Waals surface area contributed by atoms with Crippen LogP contribution < -0.4 is 5.32 Å². The molecule has 0 fully saturated rings. The molecule has 0 aliphatic carbocycles. The van der Waals surface area contributed by atoms with Crippen molar-refractivity contribution in [2.45, 2.75) is 26.4 Å². The van der Waals surface area contributed by atoms with Gasteiger partial charge in [-0.3, -0.25) is 4.68 Å². The predicted molar refractivity (Wildman–Crippen MR) is 85.7 cm³/mol. The summed E-state index contributed by atoms with van der Waals surface area (Å²) in [6, 6.07) is 7.92. The lowest BCUT2D eigenvalue weighted by Gasteiger charge is -2.09. The van der Waals surface area contributed by atoms with E-state index in [0.717, 1.165) is 37.7 Å². The summed E-state index contributed by atoms with van der Waals surface area (Å²) in [7, 11) is 1.71. The summed E-state index contributed by atoms with van der Waals surface area (Å²) in [5.74, 6) is 0. The average Bonchev–Trinajstić information content (AvgIpc) is 2.88. The number of aromatic nitrogens is 2. The second-order valence-electron chi connectivity index (χ2n) is 4.92. The number of rotatable bonds is 8. The van der Waals surface area contributed by atoms with Crippen molar-refractivity contribution >= 4 is 11.6 Å². The van der Waals surface area contributed by atoms with Crippen molar-refractivity contribution in [2.24, 2.45) is 0 Å². The van der Waals surface area contributed by atoms with Crippen LogP contribution in [0.3, 0.4) is 0 Å². The highest BCUT2D eigenvalue weighted by molar-refractivity contribution is 6.30. The first-order valence-electron chi connectivity index (χ1n) is 7.22. The minimum atomic E-state index is 0.723. The van der Waals surface area contributed by atoms with E-state index in [-0.39, 0.29) is 0 Å². The molecule has 2 aromatic rings. The van der Waals surface area contributed by atoms with Crippen molar-refractivity contribution in [3.8, 4) is 0 Å². The number of benzene rings is 1. The quantitative estimate of drug-likeness (QED) is 0.762. The molecule has 1 aromatic heterocycles. The molecule has 1 N–H and O–H groups in total. The first-order chi connectivity index (χ1) is 10.2. The molecule has 0 radical (unpaired) electrons. The van der Waals surface area contributed by atoms with E-state index in [9.17, 15) is 0 Å². The third-order valence-corrected chi connectivity index (χ3v) is 3.67. The number of nitrogens with zero attached hydrogens (tertiary/aromatic N) is 2. The Labute approximate surface area is 131 Å². The van der Waals surface area contributed by atoms with Crippen molar-refractivity contribution in [1.29, 1.82) is 0 Å². The predicted octanol–water partition coefficient (Wildman–Crippen LogP) is 2.88. The molecular formula is C16H22ClN3O. The maximum atomic E-state index is 5.92. The van der Waals surface area contributed by atoms with E-state index in [4.69, 9.17) is 16.3 Å². The van der Waals surface area contributed by atoms with Crippen LogP contribution in [0.2, 0.25) is 5.02 Å². The van der Waals surface area contributed by atoms with Gasteiger partial charge < -0.3 is 10.1 Å². The minimum Gasteiger partial charge on any atom is -0.383 e. The second-order valence-corrected chi connectivity index (χ2v) is 5.36. The smallest absolute Gasteiger partial charge is 0.0662 e. The minimum absolute atomic E-state index is 0.723. The maximum absolute atomic E-state index is 5.92. The lowest BCUT2D eigenvalue weighted by Crippen LogP contribution is -2.19. The van der Waals surface area contributed by atoms with Gasteiger partial charge in [0.2, 0.25) is 0 Å². The Morgan fingerprint density at radius 3 is 2.71 bits per heavy atom. The highest BCUT2D eigenvalue weighted by atomic mass is 35.5. The molecule has 0 atom stereocenters. The van der Waals surface area contributed by atoms with Gasteiger partial charge >= 0.3 is 0 Å². The summed E-state index contributed by atoms with van der Waals surface area (Å²) < 4.78 is 7.10. The topological polar surface area (TPSA) is 39.1 Å². The van der Waals surface area contributed by atoms with Gasteiger partial charge in [-0.15, -0.1) is 0 Å². The Morgan fingerprint density at radius 2 is 2.05 bits per heavy atom. The second kappa shape index (κ2) is 8.17. The van der Waals surface area contributed by atoms with Crippen molar-refractivity contribution in [3.05, 3.63) is 52.3 Å². The fourth-order valence-corrected chi connectivity index (χ4v) is 2.43. The van der Waals surface area contributed by atoms with Crippen LogP contribution in [0.25, 0.3) is 0 Å². The van der Waals surface area contributed by atoms with Crippen LogP contribution in [0.1, 0.15) is 23.7 Å². The van der Waals surface area contributed by atoms with Crippen LogP contribution in [0.5, 0.6) is 0 Å². The van der Waals surface area contributed by atoms with Gasteiger partial charge in [-0.2, -0.15) is 5.10 Å². The molecule has 0 aliphatic rings. The Hall–Kier alpha value is -1.36. The lowest BCUT2D eigenvalue weighted by molar-refractivity contribution is 0.199. The molecule has 0 unspecified atom stereocenters. The number of methoxy groups -OCH3 is 1. The normalized spacial score (nSPS) is 11.0. The van der Waals surface area contributed by atoms with Crippen LogP contribution in [0, 0.1) is 0 Å². The fourth-order valence-electron chi connectivity index (χ4n) is 2.30. The molecule has 0 saturated carbocycles. The molecule has 5 heteroatoms. The third-order valence-electron chi connectivity index (χ3n) is 3.41. The molecule has 0 bridgehead atoms. The van der Waals surface area contributed by atoms with Crippen LogP contribution in [-0.2, 0) is 24.2 Å². The average molecular weight is 308 g/mol. The van der Waals surface area contributed by atoms with Crippen LogP contribution >= 0.6 is 11.6 Å². The van der Waals surface area contributed by atoms with Crippen LogP contribution in [0.15, 0.2) is 30.5 Å². The van der Waals surface area contributed by atoms with Crippen LogP contribution in [-0.4, -0.2) is 30.0 Å². The zero-order valence-electron chi connectivity index (χ0n) is 12.6. The van der Waals surface area contributed by atoms with Gasteiger partial charge in [0.05, 0.1) is 19.3 Å². The van der Waals surface area contributed by atoms with Gasteiger partial charge in [0.15, 0.2) is 0 Å². The van der Waals surface area contributed by atoms with Gasteiger partial charge in [0, 0.05) is 36.5 Å². The number of halogens is 1. The van der Waals surface area contributed by atoms with E-state index >= 15 is 0 Å². The van der Waals surface area contributed by atoms with Crippen molar-refractivity contribution < 1.29 is 4.74 Å². The Balaban J connectivity index is 2.02. The first-order valence-corrected chi connectivity index (χ1v) is 7.60. The molecule has 1 heterocycles. The van der Waals surface area contributed by atoms with Crippen molar-refractivity contribution in [3.63, 3.8) is 0 Å². The molecule has 4 nitrogen and oxygen atoms in total. The zero-order chi connectivity index (χ0) is 15.1. The summed E-state index contributed by atoms with van der Waals surface area (Å²) >= 11 is 5.92. The summed E-state index contributed by atoms with van der Waals surface area (Å²) in [4.78, 5) is 0. The molecule has 0 aliphatic heterocycles. The number of ether oxygens (including phenoxy) is 1. The molecule has 0 spiro atoms. The Bertz CT molecular complexity index is 551. The number of hydrogen-bond donors (Lipinski definition) is 1. The summed E-state index contributed by atoms with van der Waals surface area (Å²) in [5.41, 5.74) is 3.73. The lowest BCUT2D eigenvalue weighted by atomic mass is 10.2. The SMILES string of the molecule is CCc1c(CNCCOC)cnn1Cc1ccc(Cl)cc1. The molecule has 1 aromatic carbocycles. The highest BCUT2D eigenvalue weighted by Crippen LogP contribution is 2.14. The molecule has 0 saturated heterocycles. The largest absolute Gasteiger partial charge is 0.383 e. The summed E-state index contributed by atoms with van der Waals surface area (Å²) in [5, 5.41) is 8.64. The van der Waals surface area contributed by atoms with Crippen LogP contribution in [0.4, 0.5) is 0 Å². The number of nitrogens with one attached hydrogen (secondary N) is 1. The molecule has 114 valence electrons. The Kier molecular flexibility index (Phi) is 6.23. The van der Waals surface area contributed by atoms with Crippen molar-refractivity contribution in [1.82, 2.24) is 15.1 Å². The van der Waals surface area contributed by atoms with Gasteiger partial charge in [-0.1, -0.05) is 30.7 Å². The molecule has 21 heavy (non-hydrogen) atoms. The van der Waals surface area contributed by atoms with Gasteiger partial charge in [0.25, 0.3) is 0 Å². The summed E-state index contributed by atoms with van der Waals surface area (Å²) in [6.45, 7) is 5.34. The Morgan fingerprint density at radius 1 is 1.29 bits per heavy atom. The van der Waals surface area contributed by atoms with E-state index in [2.05, 4.69) is 22.0 Å². The zero-order valence-corrected chi connectivity index (χ0v) is 13.4. The van der Waals surface area contributed by atoms with E-state index in [1.807, 2.05) is 30.5 Å². The first kappa shape index (κ1) is 16.0. The number of hydrogen-bond acceptors (Lipinski definition) is 3. The van der Waals surface area contributed by atoms with Gasteiger partial charge in [0.1, 0.15) is 0 Å². The van der Waals surface area contributed by atoms with Gasteiger partial charge in [-0.25, -0.2) is 0 Å². The summed E-state index contributed by atoms with van der Waals surface area (Å²) in [6.07, 6.45) is 2.92. The monoisotopic (exact) mass is 307 g/mol. The van der Waals surface area contributed by atoms with E-state index in [1.54, 1.807) is 7.11 Å². The molecule has 0 amide bonds. The fraction of sp³-hybridized carbons (Fsp3) is 0.438. The molecular weight excluding hydrogens is 286 g/mol. The van der Waals surface area contributed by atoms with E-state index in [1.165, 1.54) is 16.8 Å². The molecule has 2 rings (SSSR count). The standard InChI is InChI=1S/C16H22ClN3O/c1-3-16-14(10-18-8-9-21-2)11-19-20(16)12-13-4-6-15(17)7-5-13/h4-7,11,18H,3,8-10,12H2,1-2H3. The van der Waals surface area contributed by atoms with Gasteiger partial charge in [-0.05, 0) is 24.1 Å². The van der Waals surface area contributed by atoms with E-state index < -0.39 is 0 Å². The third kappa shape index (κ3) is 4.56. The van der Waals surface area contributed by atoms with Crippen molar-refractivity contribution in [2.75, 3.05) is 20.3 Å². The highest BCUT2D eigenvalue weighted by Gasteiger charge is 2.09. The van der Waals surface area contributed by atoms with E-state index in [0.29, 0.717) is 0 Å². The maximum Gasteiger partial charge on any atom is 0.0662 e.